The molecule has 6 heteroatoms. The van der Waals surface area contributed by atoms with E-state index in [1.807, 2.05) is 17.0 Å². The number of hydrogen-bond acceptors (Lipinski definition) is 4. The molecule has 0 aliphatic carbocycles. The van der Waals surface area contributed by atoms with Crippen LogP contribution in [0, 0.1) is 0 Å². The van der Waals surface area contributed by atoms with Crippen molar-refractivity contribution in [2.24, 2.45) is 0 Å². The standard InChI is InChI=1S/C6H6N2O2S.V/c1-8(3-6(9)10)5-2-7-4-11-5;/h2,4H,1H3,(H,9,10);. The third-order valence-corrected chi connectivity index (χ3v) is 2.87. The van der Waals surface area contributed by atoms with Crippen LogP contribution >= 0.6 is 11.3 Å². The van der Waals surface area contributed by atoms with Crippen LogP contribution < -0.4 is 4.90 Å². The molecule has 0 amide bonds. The van der Waals surface area contributed by atoms with Crippen molar-refractivity contribution in [2.75, 3.05) is 11.9 Å². The summed E-state index contributed by atoms with van der Waals surface area (Å²) in [6, 6.07) is 0. The van der Waals surface area contributed by atoms with Gasteiger partial charge in [-0.15, -0.1) is 0 Å². The normalized spacial score (nSPS) is 9.33. The average Bonchev–Trinajstić information content (AvgIpc) is 2.53. The van der Waals surface area contributed by atoms with Crippen molar-refractivity contribution in [3.8, 4) is 0 Å². The first-order valence-electron chi connectivity index (χ1n) is 3.04. The van der Waals surface area contributed by atoms with Gasteiger partial charge < -0.3 is 0 Å². The number of aromatic nitrogens is 1. The Kier molecular flexibility index (Phi) is 3.02. The first-order chi connectivity index (χ1) is 5.63. The Morgan fingerprint density at radius 2 is 2.50 bits per heavy atom. The molecular weight excluding hydrogens is 215 g/mol. The summed E-state index contributed by atoms with van der Waals surface area (Å²) < 4.78 is 0.228. The van der Waals surface area contributed by atoms with Crippen molar-refractivity contribution < 1.29 is 26.9 Å². The third kappa shape index (κ3) is 1.94. The number of thiazole rings is 1. The van der Waals surface area contributed by atoms with Gasteiger partial charge in [0.25, 0.3) is 0 Å². The van der Waals surface area contributed by atoms with E-state index >= 15 is 0 Å². The van der Waals surface area contributed by atoms with Crippen molar-refractivity contribution in [2.45, 2.75) is 0 Å². The quantitative estimate of drug-likeness (QED) is 0.799. The fourth-order valence-corrected chi connectivity index (χ4v) is 1.50. The molecule has 0 aromatic carbocycles. The van der Waals surface area contributed by atoms with Gasteiger partial charge in [0.1, 0.15) is 0 Å². The third-order valence-electron chi connectivity index (χ3n) is 1.26. The molecule has 0 radical (unpaired) electrons. The molecule has 1 heterocycles. The van der Waals surface area contributed by atoms with Gasteiger partial charge in [-0.1, -0.05) is 0 Å². The van der Waals surface area contributed by atoms with E-state index in [2.05, 4.69) is 4.98 Å². The molecule has 12 heavy (non-hydrogen) atoms. The van der Waals surface area contributed by atoms with Crippen molar-refractivity contribution in [3.05, 3.63) is 11.7 Å². The number of hydrogen-bond donors (Lipinski definition) is 1. The number of likely N-dealkylation sites (N-methyl/N-ethyl adjacent to an activating group) is 1. The van der Waals surface area contributed by atoms with E-state index in [0.717, 1.165) is 5.00 Å². The van der Waals surface area contributed by atoms with Gasteiger partial charge in [0.15, 0.2) is 0 Å². The molecule has 0 aliphatic rings. The number of rotatable bonds is 3. The Balaban J connectivity index is 2.79. The van der Waals surface area contributed by atoms with Crippen LogP contribution in [0.1, 0.15) is 0 Å². The SMILES string of the molecule is CN([C](=[V])C(=O)O)c1cncs1. The van der Waals surface area contributed by atoms with Gasteiger partial charge in [0.05, 0.1) is 0 Å². The van der Waals surface area contributed by atoms with E-state index < -0.39 is 5.97 Å². The Morgan fingerprint density at radius 3 is 2.92 bits per heavy atom. The molecule has 0 fully saturated rings. The van der Waals surface area contributed by atoms with Crippen LogP contribution in [0.15, 0.2) is 11.7 Å². The Hall–Kier alpha value is -0.646. The topological polar surface area (TPSA) is 53.4 Å². The zero-order chi connectivity index (χ0) is 9.14. The zero-order valence-corrected chi connectivity index (χ0v) is 8.47. The summed E-state index contributed by atoms with van der Waals surface area (Å²) in [6.45, 7) is 0. The van der Waals surface area contributed by atoms with Crippen molar-refractivity contribution in [1.82, 2.24) is 4.98 Å². The summed E-state index contributed by atoms with van der Waals surface area (Å²) in [5.74, 6) is -0.939. The van der Waals surface area contributed by atoms with Crippen LogP contribution in [-0.2, 0) is 21.8 Å². The van der Waals surface area contributed by atoms with E-state index in [0.29, 0.717) is 0 Å². The second-order valence-electron chi connectivity index (χ2n) is 2.03. The molecule has 0 saturated carbocycles. The minimum absolute atomic E-state index is 0.228. The summed E-state index contributed by atoms with van der Waals surface area (Å²) in [7, 11) is 1.69. The molecule has 1 aromatic rings. The number of anilines is 1. The van der Waals surface area contributed by atoms with Gasteiger partial charge in [0, 0.05) is 0 Å². The fraction of sp³-hybridized carbons (Fsp3) is 0.167. The molecule has 0 bridgehead atoms. The first kappa shape index (κ1) is 9.44. The van der Waals surface area contributed by atoms with Crippen LogP contribution in [-0.4, -0.2) is 27.5 Å². The van der Waals surface area contributed by atoms with Crippen LogP contribution in [0.4, 0.5) is 5.00 Å². The second-order valence-corrected chi connectivity index (χ2v) is 3.55. The molecule has 1 N–H and O–H groups in total. The predicted molar refractivity (Wildman–Crippen MR) is 43.2 cm³/mol. The van der Waals surface area contributed by atoms with Gasteiger partial charge >= 0.3 is 82.2 Å². The first-order valence-corrected chi connectivity index (χ1v) is 4.62. The van der Waals surface area contributed by atoms with Gasteiger partial charge in [-0.25, -0.2) is 0 Å². The molecule has 0 atom stereocenters. The van der Waals surface area contributed by atoms with Crippen LogP contribution in [0.2, 0.25) is 0 Å². The van der Waals surface area contributed by atoms with Gasteiger partial charge in [-0.2, -0.15) is 0 Å². The number of carboxylic acid groups (broad SMARTS) is 1. The van der Waals surface area contributed by atoms with Crippen molar-refractivity contribution in [1.29, 1.82) is 0 Å². The molecule has 1 aromatic heterocycles. The number of nitrogens with zero attached hydrogens (tertiary/aromatic N) is 2. The second kappa shape index (κ2) is 3.84. The molecule has 0 unspecified atom stereocenters. The van der Waals surface area contributed by atoms with Crippen LogP contribution in [0.5, 0.6) is 0 Å². The van der Waals surface area contributed by atoms with Crippen molar-refractivity contribution >= 4 is 26.7 Å². The van der Waals surface area contributed by atoms with E-state index in [1.54, 1.807) is 23.7 Å². The molecule has 0 aliphatic heterocycles. The van der Waals surface area contributed by atoms with Gasteiger partial charge in [-0.3, -0.25) is 0 Å². The maximum absolute atomic E-state index is 10.5. The van der Waals surface area contributed by atoms with Crippen LogP contribution in [0.25, 0.3) is 0 Å². The maximum atomic E-state index is 10.5. The molecule has 4 nitrogen and oxygen atoms in total. The molecule has 0 saturated heterocycles. The van der Waals surface area contributed by atoms with Crippen molar-refractivity contribution in [3.63, 3.8) is 0 Å². The Morgan fingerprint density at radius 1 is 1.83 bits per heavy atom. The van der Waals surface area contributed by atoms with E-state index in [-0.39, 0.29) is 4.35 Å². The van der Waals surface area contributed by atoms with Crippen LogP contribution in [0.3, 0.4) is 0 Å². The molecule has 63 valence electrons. The van der Waals surface area contributed by atoms with Gasteiger partial charge in [0.2, 0.25) is 0 Å². The number of aliphatic carboxylic acids is 1. The fourth-order valence-electron chi connectivity index (χ4n) is 0.623. The monoisotopic (exact) mass is 221 g/mol. The molecule has 1 rings (SSSR count). The summed E-state index contributed by atoms with van der Waals surface area (Å²) >= 11 is 3.42. The average molecular weight is 221 g/mol. The summed E-state index contributed by atoms with van der Waals surface area (Å²) in [6.07, 6.45) is 1.63. The summed E-state index contributed by atoms with van der Waals surface area (Å²) in [4.78, 5) is 15.9. The van der Waals surface area contributed by atoms with E-state index in [1.165, 1.54) is 11.3 Å². The number of carboxylic acids is 1. The summed E-state index contributed by atoms with van der Waals surface area (Å²) in [5.41, 5.74) is 1.66. The summed E-state index contributed by atoms with van der Waals surface area (Å²) in [5, 5.41) is 9.45. The predicted octanol–water partition coefficient (Wildman–Crippen LogP) is 0.341. The van der Waals surface area contributed by atoms with E-state index in [9.17, 15) is 4.79 Å². The molecule has 0 spiro atoms. The molecular formula is C6H6N2O2SV. The Labute approximate surface area is 82.3 Å². The Bertz CT molecular complexity index is 299. The zero-order valence-electron chi connectivity index (χ0n) is 6.26. The van der Waals surface area contributed by atoms with E-state index in [4.69, 9.17) is 5.11 Å². The van der Waals surface area contributed by atoms with Gasteiger partial charge in [-0.05, 0) is 0 Å². The number of carbonyl (C=O) groups is 1. The minimum atomic E-state index is -0.939.